The Morgan fingerprint density at radius 3 is 2.94 bits per heavy atom. The predicted octanol–water partition coefficient (Wildman–Crippen LogP) is 3.65. The van der Waals surface area contributed by atoms with Crippen molar-refractivity contribution in [1.29, 1.82) is 0 Å². The van der Waals surface area contributed by atoms with Gasteiger partial charge < -0.3 is 9.73 Å². The third-order valence-electron chi connectivity index (χ3n) is 3.78. The van der Waals surface area contributed by atoms with Gasteiger partial charge in [-0.25, -0.2) is 0 Å². The molecule has 2 nitrogen and oxygen atoms in total. The second-order valence-corrected chi connectivity index (χ2v) is 5.22. The van der Waals surface area contributed by atoms with E-state index < -0.39 is 0 Å². The van der Waals surface area contributed by atoms with Crippen molar-refractivity contribution in [3.63, 3.8) is 0 Å². The first-order valence-electron chi connectivity index (χ1n) is 6.52. The lowest BCUT2D eigenvalue weighted by atomic mass is 10.0. The van der Waals surface area contributed by atoms with Crippen molar-refractivity contribution in [2.24, 2.45) is 5.92 Å². The monoisotopic (exact) mass is 221 g/mol. The van der Waals surface area contributed by atoms with E-state index in [0.29, 0.717) is 6.04 Å². The SMILES string of the molecule is Cc1ccoc1CNC1CCCC(C)CC1. The zero-order valence-corrected chi connectivity index (χ0v) is 10.5. The minimum Gasteiger partial charge on any atom is -0.468 e. The summed E-state index contributed by atoms with van der Waals surface area (Å²) >= 11 is 0. The van der Waals surface area contributed by atoms with Crippen LogP contribution in [-0.4, -0.2) is 6.04 Å². The van der Waals surface area contributed by atoms with Crippen LogP contribution < -0.4 is 5.32 Å². The summed E-state index contributed by atoms with van der Waals surface area (Å²) in [7, 11) is 0. The van der Waals surface area contributed by atoms with Crippen LogP contribution in [0.5, 0.6) is 0 Å². The van der Waals surface area contributed by atoms with Crippen LogP contribution in [0.4, 0.5) is 0 Å². The highest BCUT2D eigenvalue weighted by Gasteiger charge is 2.16. The molecular formula is C14H23NO. The predicted molar refractivity (Wildman–Crippen MR) is 66.3 cm³/mol. The largest absolute Gasteiger partial charge is 0.468 e. The van der Waals surface area contributed by atoms with Gasteiger partial charge in [0.1, 0.15) is 5.76 Å². The smallest absolute Gasteiger partial charge is 0.120 e. The summed E-state index contributed by atoms with van der Waals surface area (Å²) in [5.41, 5.74) is 1.26. The summed E-state index contributed by atoms with van der Waals surface area (Å²) in [5, 5.41) is 3.63. The Balaban J connectivity index is 1.79. The van der Waals surface area contributed by atoms with Crippen LogP contribution in [0.25, 0.3) is 0 Å². The molecule has 0 amide bonds. The summed E-state index contributed by atoms with van der Waals surface area (Å²) in [6.07, 6.45) is 8.56. The Morgan fingerprint density at radius 2 is 2.19 bits per heavy atom. The van der Waals surface area contributed by atoms with Crippen molar-refractivity contribution in [3.8, 4) is 0 Å². The molecule has 0 aliphatic heterocycles. The molecule has 2 unspecified atom stereocenters. The average molecular weight is 221 g/mol. The molecule has 0 spiro atoms. The van der Waals surface area contributed by atoms with E-state index in [9.17, 15) is 0 Å². The molecule has 1 saturated carbocycles. The van der Waals surface area contributed by atoms with Crippen LogP contribution in [0.15, 0.2) is 16.7 Å². The van der Waals surface area contributed by atoms with Crippen molar-refractivity contribution in [1.82, 2.24) is 5.32 Å². The van der Waals surface area contributed by atoms with E-state index in [0.717, 1.165) is 18.2 Å². The second kappa shape index (κ2) is 5.53. The van der Waals surface area contributed by atoms with Crippen LogP contribution in [0.2, 0.25) is 0 Å². The topological polar surface area (TPSA) is 25.2 Å². The van der Waals surface area contributed by atoms with Gasteiger partial charge in [-0.1, -0.05) is 19.8 Å². The number of aryl methyl sites for hydroxylation is 1. The summed E-state index contributed by atoms with van der Waals surface area (Å²) in [6.45, 7) is 5.37. The molecule has 0 saturated heterocycles. The van der Waals surface area contributed by atoms with E-state index >= 15 is 0 Å². The lowest BCUT2D eigenvalue weighted by molar-refractivity contribution is 0.410. The van der Waals surface area contributed by atoms with Gasteiger partial charge in [0.15, 0.2) is 0 Å². The molecule has 1 aromatic heterocycles. The van der Waals surface area contributed by atoms with Gasteiger partial charge in [0.05, 0.1) is 12.8 Å². The molecule has 90 valence electrons. The third kappa shape index (κ3) is 3.11. The molecule has 2 atom stereocenters. The molecule has 0 bridgehead atoms. The molecule has 1 aliphatic carbocycles. The summed E-state index contributed by atoms with van der Waals surface area (Å²) in [4.78, 5) is 0. The fourth-order valence-corrected chi connectivity index (χ4v) is 2.51. The fraction of sp³-hybridized carbons (Fsp3) is 0.714. The first kappa shape index (κ1) is 11.7. The van der Waals surface area contributed by atoms with Crippen LogP contribution in [-0.2, 0) is 6.54 Å². The van der Waals surface area contributed by atoms with Gasteiger partial charge in [0.2, 0.25) is 0 Å². The minimum absolute atomic E-state index is 0.689. The Hall–Kier alpha value is -0.760. The maximum absolute atomic E-state index is 5.45. The summed E-state index contributed by atoms with van der Waals surface area (Å²) in [5.74, 6) is 2.01. The summed E-state index contributed by atoms with van der Waals surface area (Å²) in [6, 6.07) is 2.72. The maximum Gasteiger partial charge on any atom is 0.120 e. The highest BCUT2D eigenvalue weighted by atomic mass is 16.3. The lowest BCUT2D eigenvalue weighted by Crippen LogP contribution is -2.28. The van der Waals surface area contributed by atoms with Gasteiger partial charge in [-0.2, -0.15) is 0 Å². The van der Waals surface area contributed by atoms with E-state index in [1.807, 2.05) is 6.07 Å². The molecule has 0 aromatic carbocycles. The van der Waals surface area contributed by atoms with Gasteiger partial charge in [0, 0.05) is 6.04 Å². The van der Waals surface area contributed by atoms with Crippen LogP contribution in [0.3, 0.4) is 0 Å². The molecule has 16 heavy (non-hydrogen) atoms. The maximum atomic E-state index is 5.45. The van der Waals surface area contributed by atoms with E-state index in [1.165, 1.54) is 37.7 Å². The first-order valence-corrected chi connectivity index (χ1v) is 6.52. The molecule has 2 rings (SSSR count). The van der Waals surface area contributed by atoms with Crippen molar-refractivity contribution in [2.45, 2.75) is 58.5 Å². The van der Waals surface area contributed by atoms with E-state index in [1.54, 1.807) is 6.26 Å². The number of nitrogens with one attached hydrogen (secondary N) is 1. The molecule has 1 heterocycles. The van der Waals surface area contributed by atoms with Crippen molar-refractivity contribution >= 4 is 0 Å². The first-order chi connectivity index (χ1) is 7.75. The van der Waals surface area contributed by atoms with Crippen LogP contribution in [0, 0.1) is 12.8 Å². The minimum atomic E-state index is 0.689. The zero-order valence-electron chi connectivity index (χ0n) is 10.5. The molecule has 0 radical (unpaired) electrons. The van der Waals surface area contributed by atoms with Crippen molar-refractivity contribution < 1.29 is 4.42 Å². The Kier molecular flexibility index (Phi) is 4.05. The van der Waals surface area contributed by atoms with Crippen molar-refractivity contribution in [3.05, 3.63) is 23.7 Å². The Labute approximate surface area is 98.4 Å². The molecule has 2 heteroatoms. The Morgan fingerprint density at radius 1 is 1.31 bits per heavy atom. The van der Waals surface area contributed by atoms with E-state index in [4.69, 9.17) is 4.42 Å². The molecular weight excluding hydrogens is 198 g/mol. The standard InChI is InChI=1S/C14H23NO/c1-11-4-3-5-13(7-6-11)15-10-14-12(2)8-9-16-14/h8-9,11,13,15H,3-7,10H2,1-2H3. The highest BCUT2D eigenvalue weighted by Crippen LogP contribution is 2.23. The quantitative estimate of drug-likeness (QED) is 0.788. The van der Waals surface area contributed by atoms with E-state index in [2.05, 4.69) is 19.2 Å². The molecule has 1 N–H and O–H groups in total. The Bertz CT molecular complexity index is 318. The van der Waals surface area contributed by atoms with Gasteiger partial charge >= 0.3 is 0 Å². The lowest BCUT2D eigenvalue weighted by Gasteiger charge is -2.15. The molecule has 1 fully saturated rings. The third-order valence-corrected chi connectivity index (χ3v) is 3.78. The number of hydrogen-bond donors (Lipinski definition) is 1. The molecule has 1 aromatic rings. The van der Waals surface area contributed by atoms with Gasteiger partial charge in [0.25, 0.3) is 0 Å². The average Bonchev–Trinajstić information content (AvgIpc) is 2.55. The summed E-state index contributed by atoms with van der Waals surface area (Å²) < 4.78 is 5.45. The number of furan rings is 1. The van der Waals surface area contributed by atoms with Gasteiger partial charge in [-0.3, -0.25) is 0 Å². The van der Waals surface area contributed by atoms with Crippen LogP contribution in [0.1, 0.15) is 50.4 Å². The van der Waals surface area contributed by atoms with Gasteiger partial charge in [-0.15, -0.1) is 0 Å². The molecule has 1 aliphatic rings. The zero-order chi connectivity index (χ0) is 11.4. The van der Waals surface area contributed by atoms with E-state index in [-0.39, 0.29) is 0 Å². The normalized spacial score (nSPS) is 26.6. The van der Waals surface area contributed by atoms with Crippen LogP contribution >= 0.6 is 0 Å². The second-order valence-electron chi connectivity index (χ2n) is 5.22. The van der Waals surface area contributed by atoms with Gasteiger partial charge in [-0.05, 0) is 43.7 Å². The fourth-order valence-electron chi connectivity index (χ4n) is 2.51. The number of rotatable bonds is 3. The highest BCUT2D eigenvalue weighted by molar-refractivity contribution is 5.14. The van der Waals surface area contributed by atoms with Crippen molar-refractivity contribution in [2.75, 3.05) is 0 Å². The number of hydrogen-bond acceptors (Lipinski definition) is 2.